The second-order valence-corrected chi connectivity index (χ2v) is 0.492. The number of aliphatic carboxylic acids is 1. The summed E-state index contributed by atoms with van der Waals surface area (Å²) in [5, 5.41) is 8.89. The van der Waals surface area contributed by atoms with Crippen LogP contribution in [-0.2, 0) is 4.79 Å². The van der Waals surface area contributed by atoms with E-state index in [1.165, 1.54) is 0 Å². The second-order valence-electron chi connectivity index (χ2n) is 0.492. The molecule has 5 heavy (non-hydrogen) atoms. The van der Waals surface area contributed by atoms with Crippen LogP contribution >= 0.6 is 0 Å². The van der Waals surface area contributed by atoms with Crippen molar-refractivity contribution in [2.24, 2.45) is 0 Å². The Hall–Kier alpha value is 0.392. The molecule has 0 aliphatic rings. The molecular formula is C2H6O2Pb. The van der Waals surface area contributed by atoms with Crippen LogP contribution in [0.25, 0.3) is 0 Å². The molecule has 0 atom stereocenters. The maximum Gasteiger partial charge on any atom is 4.00 e. The van der Waals surface area contributed by atoms with E-state index in [9.17, 15) is 0 Å². The Bertz CT molecular complexity index is 38.3. The Morgan fingerprint density at radius 1 is 2.00 bits per heavy atom. The number of carbonyl (C=O) groups is 1. The molecule has 0 aliphatic carbocycles. The predicted octanol–water partition coefficient (Wildman–Crippen LogP) is -1.29. The van der Waals surface area contributed by atoms with Crippen molar-refractivity contribution < 1.29 is 14.2 Å². The Balaban J connectivity index is -0.00000000750. The topological polar surface area (TPSA) is 40.1 Å². The first-order valence-electron chi connectivity index (χ1n) is 0.908. The smallest absolute Gasteiger partial charge is 1.00 e. The van der Waals surface area contributed by atoms with E-state index < -0.39 is 5.97 Å². The van der Waals surface area contributed by atoms with E-state index in [0.717, 1.165) is 6.92 Å². The SMILES string of the molecule is CC(=O)[O-].[H-].[H-].[H-].[Pb+4]. The van der Waals surface area contributed by atoms with Crippen molar-refractivity contribution in [3.8, 4) is 0 Å². The summed E-state index contributed by atoms with van der Waals surface area (Å²) in [7, 11) is 0. The molecule has 0 saturated heterocycles. The molecule has 0 aliphatic heterocycles. The van der Waals surface area contributed by atoms with Crippen molar-refractivity contribution >= 4 is 33.3 Å². The molecule has 0 aromatic rings. The summed E-state index contributed by atoms with van der Waals surface area (Å²) >= 11 is 0. The number of hydrogen-bond acceptors (Lipinski definition) is 2. The van der Waals surface area contributed by atoms with Gasteiger partial charge in [-0.2, -0.15) is 0 Å². The average molecular weight is 269 g/mol. The van der Waals surface area contributed by atoms with Crippen LogP contribution in [0.3, 0.4) is 0 Å². The van der Waals surface area contributed by atoms with Crippen molar-refractivity contribution in [2.45, 2.75) is 6.92 Å². The molecule has 30 valence electrons. The van der Waals surface area contributed by atoms with Crippen LogP contribution in [0.5, 0.6) is 0 Å². The van der Waals surface area contributed by atoms with Crippen LogP contribution < -0.4 is 5.11 Å². The van der Waals surface area contributed by atoms with Crippen LogP contribution in [0.2, 0.25) is 0 Å². The number of carbonyl (C=O) groups excluding carboxylic acids is 1. The zero-order valence-corrected chi connectivity index (χ0v) is 6.70. The van der Waals surface area contributed by atoms with Gasteiger partial charge in [0.1, 0.15) is 0 Å². The van der Waals surface area contributed by atoms with E-state index in [4.69, 9.17) is 9.90 Å². The minimum Gasteiger partial charge on any atom is -1.00 e. The van der Waals surface area contributed by atoms with Crippen LogP contribution in [0.15, 0.2) is 0 Å². The van der Waals surface area contributed by atoms with E-state index in [-0.39, 0.29) is 31.6 Å². The molecule has 0 saturated carbocycles. The van der Waals surface area contributed by atoms with Crippen molar-refractivity contribution in [3.05, 3.63) is 0 Å². The van der Waals surface area contributed by atoms with Gasteiger partial charge in [0.05, 0.1) is 0 Å². The van der Waals surface area contributed by atoms with Gasteiger partial charge in [-0.3, -0.25) is 0 Å². The molecule has 2 nitrogen and oxygen atoms in total. The van der Waals surface area contributed by atoms with Gasteiger partial charge in [0.15, 0.2) is 0 Å². The van der Waals surface area contributed by atoms with E-state index in [1.54, 1.807) is 0 Å². The molecule has 0 radical (unpaired) electrons. The molecule has 0 unspecified atom stereocenters. The molecule has 0 spiro atoms. The third kappa shape index (κ3) is 163. The summed E-state index contributed by atoms with van der Waals surface area (Å²) in [6.45, 7) is 0.972. The number of carboxylic acids is 1. The molecule has 0 aromatic carbocycles. The van der Waals surface area contributed by atoms with Gasteiger partial charge in [-0.25, -0.2) is 0 Å². The van der Waals surface area contributed by atoms with Gasteiger partial charge in [-0.05, 0) is 6.92 Å². The molecule has 0 bridgehead atoms. The Kier molecular flexibility index (Phi) is 7.94. The van der Waals surface area contributed by atoms with E-state index in [2.05, 4.69) is 0 Å². The summed E-state index contributed by atoms with van der Waals surface area (Å²) in [6.07, 6.45) is 0. The third-order valence-electron chi connectivity index (χ3n) is 0. The fraction of sp³-hybridized carbons (Fsp3) is 0.500. The van der Waals surface area contributed by atoms with Gasteiger partial charge in [0.2, 0.25) is 0 Å². The van der Waals surface area contributed by atoms with Gasteiger partial charge in [-0.1, -0.05) is 0 Å². The average Bonchev–Trinajstić information content (AvgIpc) is 0.811. The van der Waals surface area contributed by atoms with Crippen molar-refractivity contribution in [2.75, 3.05) is 0 Å². The largest absolute Gasteiger partial charge is 4.00 e. The standard InChI is InChI=1S/C2H4O2.Pb.3H/c1-2(3)4;;;;/h1H3,(H,3,4);;;;/q;+4;3*-1/p-1. The summed E-state index contributed by atoms with van der Waals surface area (Å²) in [6, 6.07) is 0. The Morgan fingerprint density at radius 2 is 2.00 bits per heavy atom. The van der Waals surface area contributed by atoms with Gasteiger partial charge in [0.25, 0.3) is 0 Å². The minimum atomic E-state index is -1.08. The van der Waals surface area contributed by atoms with Crippen molar-refractivity contribution in [3.63, 3.8) is 0 Å². The maximum atomic E-state index is 8.89. The fourth-order valence-electron chi connectivity index (χ4n) is 0. The van der Waals surface area contributed by atoms with Crippen LogP contribution in [0.4, 0.5) is 0 Å². The van der Waals surface area contributed by atoms with Crippen molar-refractivity contribution in [1.82, 2.24) is 0 Å². The van der Waals surface area contributed by atoms with Gasteiger partial charge < -0.3 is 14.2 Å². The first-order valence-corrected chi connectivity index (χ1v) is 0.908. The zero-order chi connectivity index (χ0) is 3.58. The minimum absolute atomic E-state index is 0. The second kappa shape index (κ2) is 4.39. The Morgan fingerprint density at radius 3 is 2.00 bits per heavy atom. The monoisotopic (exact) mass is 270 g/mol. The van der Waals surface area contributed by atoms with E-state index in [0.29, 0.717) is 0 Å². The normalized spacial score (nSPS) is 5.00. The summed E-state index contributed by atoms with van der Waals surface area (Å²) in [5.41, 5.74) is 0. The van der Waals surface area contributed by atoms with Gasteiger partial charge >= 0.3 is 27.3 Å². The quantitative estimate of drug-likeness (QED) is 0.514. The van der Waals surface area contributed by atoms with Crippen LogP contribution in [-0.4, -0.2) is 33.3 Å². The molecule has 3 heteroatoms. The zero-order valence-electron chi connectivity index (χ0n) is 5.82. The van der Waals surface area contributed by atoms with Crippen LogP contribution in [0, 0.1) is 0 Å². The molecule has 0 amide bonds. The van der Waals surface area contributed by atoms with Crippen molar-refractivity contribution in [1.29, 1.82) is 0 Å². The van der Waals surface area contributed by atoms with E-state index in [1.807, 2.05) is 0 Å². The third-order valence-corrected chi connectivity index (χ3v) is 0. The summed E-state index contributed by atoms with van der Waals surface area (Å²) in [5.74, 6) is -1.08. The summed E-state index contributed by atoms with van der Waals surface area (Å²) in [4.78, 5) is 8.89. The molecule has 0 aromatic heterocycles. The van der Waals surface area contributed by atoms with Gasteiger partial charge in [0, 0.05) is 5.97 Å². The van der Waals surface area contributed by atoms with Crippen LogP contribution in [0.1, 0.15) is 11.2 Å². The Labute approximate surface area is 54.8 Å². The molecule has 0 heterocycles. The number of rotatable bonds is 0. The number of carboxylic acid groups (broad SMARTS) is 1. The van der Waals surface area contributed by atoms with Gasteiger partial charge in [-0.15, -0.1) is 0 Å². The molecule has 0 rings (SSSR count). The molecule has 0 fully saturated rings. The first-order chi connectivity index (χ1) is 1.73. The molecule has 0 N–H and O–H groups in total. The molecular weight excluding hydrogens is 263 g/mol. The maximum absolute atomic E-state index is 8.89. The predicted molar refractivity (Wildman–Crippen MR) is 19.8 cm³/mol. The first kappa shape index (κ1) is 9.04. The summed E-state index contributed by atoms with van der Waals surface area (Å²) < 4.78 is 0. The number of hydrogen-bond donors (Lipinski definition) is 0. The fourth-order valence-corrected chi connectivity index (χ4v) is 0. The van der Waals surface area contributed by atoms with E-state index >= 15 is 0 Å².